The zero-order valence-electron chi connectivity index (χ0n) is 19.2. The second-order valence-electron chi connectivity index (χ2n) is 8.13. The van der Waals surface area contributed by atoms with Gasteiger partial charge in [-0.15, -0.1) is 0 Å². The van der Waals surface area contributed by atoms with Crippen molar-refractivity contribution >= 4 is 46.9 Å². The van der Waals surface area contributed by atoms with E-state index in [0.717, 1.165) is 16.5 Å². The molecule has 6 N–H and O–H groups in total. The number of aryl methyl sites for hydroxylation is 1. The summed E-state index contributed by atoms with van der Waals surface area (Å²) in [5.41, 5.74) is 1.78. The Hall–Kier alpha value is -2.83. The molecule has 0 bridgehead atoms. The summed E-state index contributed by atoms with van der Waals surface area (Å²) in [6.07, 6.45) is -1.98. The molecule has 2 aromatic rings. The van der Waals surface area contributed by atoms with E-state index in [1.165, 1.54) is 4.90 Å². The van der Waals surface area contributed by atoms with E-state index >= 15 is 0 Å². The van der Waals surface area contributed by atoms with Gasteiger partial charge in [-0.2, -0.15) is 0 Å². The average Bonchev–Trinajstić information content (AvgIpc) is 3.24. The molecule has 0 radical (unpaired) electrons. The molecule has 0 aliphatic heterocycles. The van der Waals surface area contributed by atoms with Crippen LogP contribution in [0, 0.1) is 0 Å². The summed E-state index contributed by atoms with van der Waals surface area (Å²) < 4.78 is 0. The van der Waals surface area contributed by atoms with Crippen LogP contribution in [-0.2, 0) is 20.8 Å². The van der Waals surface area contributed by atoms with Crippen LogP contribution in [0.3, 0.4) is 0 Å². The van der Waals surface area contributed by atoms with Gasteiger partial charge in [0, 0.05) is 54.5 Å². The first kappa shape index (κ1) is 28.4. The Morgan fingerprint density at radius 3 is 2.60 bits per heavy atom. The van der Waals surface area contributed by atoms with Gasteiger partial charge in [0.05, 0.1) is 18.8 Å². The van der Waals surface area contributed by atoms with Gasteiger partial charge in [-0.05, 0) is 36.9 Å². The number of amides is 3. The quantitative estimate of drug-likeness (QED) is 0.190. The van der Waals surface area contributed by atoms with Crippen LogP contribution in [0.25, 0.3) is 10.9 Å². The molecular formula is C23H31ClN4O7. The van der Waals surface area contributed by atoms with Crippen molar-refractivity contribution in [3.63, 3.8) is 0 Å². The van der Waals surface area contributed by atoms with Crippen molar-refractivity contribution in [1.29, 1.82) is 0 Å². The first-order valence-electron chi connectivity index (χ1n) is 11.1. The number of hydrogen-bond donors (Lipinski definition) is 6. The van der Waals surface area contributed by atoms with Gasteiger partial charge in [0.2, 0.25) is 11.8 Å². The molecule has 0 saturated heterocycles. The van der Waals surface area contributed by atoms with Gasteiger partial charge in [0.15, 0.2) is 0 Å². The Morgan fingerprint density at radius 2 is 1.91 bits per heavy atom. The molecular weight excluding hydrogens is 480 g/mol. The van der Waals surface area contributed by atoms with E-state index in [4.69, 9.17) is 16.7 Å². The van der Waals surface area contributed by atoms with Gasteiger partial charge in [-0.3, -0.25) is 14.4 Å². The number of aromatic nitrogens is 1. The summed E-state index contributed by atoms with van der Waals surface area (Å²) in [7, 11) is 0. The number of carbonyl (C=O) groups excluding carboxylic acids is 3. The fourth-order valence-electron chi connectivity index (χ4n) is 3.46. The zero-order chi connectivity index (χ0) is 26.0. The molecule has 1 aromatic heterocycles. The molecule has 11 nitrogen and oxygen atoms in total. The third-order valence-corrected chi connectivity index (χ3v) is 5.72. The van der Waals surface area contributed by atoms with Crippen molar-refractivity contribution in [2.45, 2.75) is 44.0 Å². The molecule has 35 heavy (non-hydrogen) atoms. The van der Waals surface area contributed by atoms with Crippen molar-refractivity contribution in [1.82, 2.24) is 15.2 Å². The predicted octanol–water partition coefficient (Wildman–Crippen LogP) is -0.219. The molecule has 3 amide bonds. The van der Waals surface area contributed by atoms with Gasteiger partial charge >= 0.3 is 0 Å². The Bertz CT molecular complexity index is 1030. The van der Waals surface area contributed by atoms with Crippen LogP contribution in [0.5, 0.6) is 0 Å². The highest BCUT2D eigenvalue weighted by Crippen LogP contribution is 2.23. The van der Waals surface area contributed by atoms with Gasteiger partial charge < -0.3 is 35.6 Å². The fourth-order valence-corrected chi connectivity index (χ4v) is 3.63. The van der Waals surface area contributed by atoms with Crippen LogP contribution in [0.1, 0.15) is 24.8 Å². The number of nitrogens with zero attached hydrogens (tertiary/aromatic N) is 2. The van der Waals surface area contributed by atoms with Gasteiger partial charge in [-0.1, -0.05) is 11.6 Å². The van der Waals surface area contributed by atoms with Crippen LogP contribution in [0.4, 0.5) is 0 Å². The lowest BCUT2D eigenvalue weighted by Gasteiger charge is -2.22. The second-order valence-corrected chi connectivity index (χ2v) is 8.57. The summed E-state index contributed by atoms with van der Waals surface area (Å²) in [6, 6.07) is 5.41. The molecule has 0 fully saturated rings. The standard InChI is InChI=1S/C23H31ClN4O7/c1-25-22(34)12-28(7-6-21(33)27-11-16(30)9-19(31)20(32)13-29)23(35)5-2-14-10-26-18-4-3-15(24)8-17(14)18/h3-4,8,10,16,19-20,26,29-32H,1-2,5-7,9,11-13H2,(H,27,33)/t16-,19+,20-/m1/s1. The van der Waals surface area contributed by atoms with Gasteiger partial charge in [0.25, 0.3) is 5.91 Å². The van der Waals surface area contributed by atoms with Gasteiger partial charge in [-0.25, -0.2) is 4.99 Å². The van der Waals surface area contributed by atoms with Crippen LogP contribution < -0.4 is 5.32 Å². The van der Waals surface area contributed by atoms with E-state index in [9.17, 15) is 29.7 Å². The SMILES string of the molecule is C=NC(=O)CN(CCC(=O)NC[C@H](O)C[C@H](O)[C@H](O)CO)C(=O)CCc1c[nH]c2ccc(Cl)cc12. The van der Waals surface area contributed by atoms with Crippen molar-refractivity contribution in [2.24, 2.45) is 4.99 Å². The maximum atomic E-state index is 12.8. The highest BCUT2D eigenvalue weighted by atomic mass is 35.5. The van der Waals surface area contributed by atoms with Crippen molar-refractivity contribution in [3.8, 4) is 0 Å². The first-order chi connectivity index (χ1) is 16.6. The number of aliphatic imine (C=N–C) groups is 1. The lowest BCUT2D eigenvalue weighted by molar-refractivity contribution is -0.135. The highest BCUT2D eigenvalue weighted by Gasteiger charge is 2.21. The molecule has 0 spiro atoms. The third kappa shape index (κ3) is 9.04. The molecule has 0 aliphatic carbocycles. The number of aliphatic hydroxyl groups excluding tert-OH is 4. The summed E-state index contributed by atoms with van der Waals surface area (Å²) >= 11 is 6.07. The second kappa shape index (κ2) is 13.9. The van der Waals surface area contributed by atoms with Crippen molar-refractivity contribution in [3.05, 3.63) is 35.0 Å². The highest BCUT2D eigenvalue weighted by molar-refractivity contribution is 6.31. The molecule has 192 valence electrons. The normalized spacial score (nSPS) is 13.7. The minimum atomic E-state index is -1.39. The van der Waals surface area contributed by atoms with Crippen LogP contribution >= 0.6 is 11.6 Å². The topological polar surface area (TPSA) is 176 Å². The van der Waals surface area contributed by atoms with E-state index in [-0.39, 0.29) is 44.8 Å². The molecule has 1 aromatic carbocycles. The summed E-state index contributed by atoms with van der Waals surface area (Å²) in [5, 5.41) is 41.5. The van der Waals surface area contributed by atoms with E-state index in [1.807, 2.05) is 6.07 Å². The number of fused-ring (bicyclic) bond motifs is 1. The number of nitrogens with one attached hydrogen (secondary N) is 2. The minimum absolute atomic E-state index is 0.0480. The third-order valence-electron chi connectivity index (χ3n) is 5.48. The van der Waals surface area contributed by atoms with E-state index in [0.29, 0.717) is 11.4 Å². The molecule has 12 heteroatoms. The molecule has 0 saturated carbocycles. The van der Waals surface area contributed by atoms with E-state index < -0.39 is 36.7 Å². The number of aromatic amines is 1. The summed E-state index contributed by atoms with van der Waals surface area (Å²) in [5.74, 6) is -1.43. The Labute approximate surface area is 207 Å². The maximum Gasteiger partial charge on any atom is 0.264 e. The average molecular weight is 511 g/mol. The molecule has 3 atom stereocenters. The number of hydrogen-bond acceptors (Lipinski definition) is 7. The van der Waals surface area contributed by atoms with Crippen LogP contribution in [0.15, 0.2) is 29.4 Å². The minimum Gasteiger partial charge on any atom is -0.394 e. The zero-order valence-corrected chi connectivity index (χ0v) is 19.9. The number of halogens is 1. The number of aliphatic hydroxyl groups is 4. The van der Waals surface area contributed by atoms with Crippen molar-refractivity contribution < 1.29 is 34.8 Å². The summed E-state index contributed by atoms with van der Waals surface area (Å²) in [6.45, 7) is 1.96. The van der Waals surface area contributed by atoms with Gasteiger partial charge in [0.1, 0.15) is 12.6 Å². The van der Waals surface area contributed by atoms with Crippen LogP contribution in [0.2, 0.25) is 5.02 Å². The Kier molecular flexibility index (Phi) is 11.3. The molecule has 0 aliphatic rings. The number of carbonyl (C=O) groups is 3. The van der Waals surface area contributed by atoms with E-state index in [2.05, 4.69) is 22.0 Å². The smallest absolute Gasteiger partial charge is 0.264 e. The monoisotopic (exact) mass is 510 g/mol. The Balaban J connectivity index is 1.88. The number of benzene rings is 1. The molecule has 2 rings (SSSR count). The van der Waals surface area contributed by atoms with Crippen molar-refractivity contribution in [2.75, 3.05) is 26.2 Å². The number of H-pyrrole nitrogens is 1. The predicted molar refractivity (Wildman–Crippen MR) is 130 cm³/mol. The Morgan fingerprint density at radius 1 is 1.17 bits per heavy atom. The number of rotatable bonds is 14. The fraction of sp³-hybridized carbons (Fsp3) is 0.478. The summed E-state index contributed by atoms with van der Waals surface area (Å²) in [4.78, 5) is 44.4. The largest absolute Gasteiger partial charge is 0.394 e. The lowest BCUT2D eigenvalue weighted by Crippen LogP contribution is -2.40. The molecule has 0 unspecified atom stereocenters. The van der Waals surface area contributed by atoms with Crippen LogP contribution in [-0.4, -0.2) is 99.3 Å². The van der Waals surface area contributed by atoms with E-state index in [1.54, 1.807) is 18.3 Å². The lowest BCUT2D eigenvalue weighted by atomic mass is 10.1. The maximum absolute atomic E-state index is 12.8. The molecule has 1 heterocycles. The first-order valence-corrected chi connectivity index (χ1v) is 11.5.